The molecule has 27 heavy (non-hydrogen) atoms. The molecule has 0 unspecified atom stereocenters. The van der Waals surface area contributed by atoms with Gasteiger partial charge in [0.05, 0.1) is 11.4 Å². The van der Waals surface area contributed by atoms with Crippen molar-refractivity contribution in [3.63, 3.8) is 0 Å². The summed E-state index contributed by atoms with van der Waals surface area (Å²) in [6.45, 7) is 1.59. The molecule has 1 fully saturated rings. The lowest BCUT2D eigenvalue weighted by molar-refractivity contribution is -0.130. The quantitative estimate of drug-likeness (QED) is 0.835. The zero-order chi connectivity index (χ0) is 19.4. The van der Waals surface area contributed by atoms with Crippen LogP contribution in [0.2, 0.25) is 0 Å². The van der Waals surface area contributed by atoms with E-state index in [4.69, 9.17) is 0 Å². The minimum Gasteiger partial charge on any atom is -0.368 e. The standard InChI is InChI=1S/C18H19F2N3O3S/c19-14-4-6-16(7-5-14)22-8-10-23(11-9-22)18(24)13-21-27(25,26)17-3-1-2-15(20)12-17/h1-7,12,21H,8-11,13H2. The predicted molar refractivity (Wildman–Crippen MR) is 96.8 cm³/mol. The van der Waals surface area contributed by atoms with Crippen molar-refractivity contribution in [3.05, 3.63) is 60.2 Å². The number of sulfonamides is 1. The Morgan fingerprint density at radius 2 is 1.63 bits per heavy atom. The number of nitrogens with zero attached hydrogens (tertiary/aromatic N) is 2. The summed E-state index contributed by atoms with van der Waals surface area (Å²) in [4.78, 5) is 15.7. The van der Waals surface area contributed by atoms with Crippen molar-refractivity contribution in [2.45, 2.75) is 4.90 Å². The molecule has 144 valence electrons. The molecule has 1 N–H and O–H groups in total. The van der Waals surface area contributed by atoms with Gasteiger partial charge >= 0.3 is 0 Å². The van der Waals surface area contributed by atoms with Gasteiger partial charge in [0.1, 0.15) is 11.6 Å². The largest absolute Gasteiger partial charge is 0.368 e. The molecular formula is C18H19F2N3O3S. The lowest BCUT2D eigenvalue weighted by atomic mass is 10.2. The van der Waals surface area contributed by atoms with E-state index in [9.17, 15) is 22.0 Å². The van der Waals surface area contributed by atoms with E-state index in [0.29, 0.717) is 26.2 Å². The van der Waals surface area contributed by atoms with Crippen LogP contribution >= 0.6 is 0 Å². The van der Waals surface area contributed by atoms with Crippen molar-refractivity contribution in [2.24, 2.45) is 0 Å². The Hall–Kier alpha value is -2.52. The van der Waals surface area contributed by atoms with E-state index < -0.39 is 22.4 Å². The molecule has 2 aromatic rings. The normalized spacial score (nSPS) is 15.0. The number of piperazine rings is 1. The number of anilines is 1. The van der Waals surface area contributed by atoms with Gasteiger partial charge < -0.3 is 9.80 Å². The molecule has 3 rings (SSSR count). The number of amides is 1. The van der Waals surface area contributed by atoms with Crippen LogP contribution in [0.3, 0.4) is 0 Å². The van der Waals surface area contributed by atoms with Gasteiger partial charge in [0.25, 0.3) is 0 Å². The van der Waals surface area contributed by atoms with Crippen LogP contribution in [0.5, 0.6) is 0 Å². The monoisotopic (exact) mass is 395 g/mol. The second kappa shape index (κ2) is 8.01. The van der Waals surface area contributed by atoms with Gasteiger partial charge in [0.2, 0.25) is 15.9 Å². The lowest BCUT2D eigenvalue weighted by Gasteiger charge is -2.36. The molecule has 1 aliphatic heterocycles. The van der Waals surface area contributed by atoms with Gasteiger partial charge in [-0.1, -0.05) is 6.07 Å². The Bertz CT molecular complexity index is 912. The van der Waals surface area contributed by atoms with Crippen LogP contribution in [0.15, 0.2) is 53.4 Å². The summed E-state index contributed by atoms with van der Waals surface area (Å²) in [7, 11) is -3.96. The summed E-state index contributed by atoms with van der Waals surface area (Å²) in [5.41, 5.74) is 0.871. The van der Waals surface area contributed by atoms with E-state index in [2.05, 4.69) is 4.72 Å². The predicted octanol–water partition coefficient (Wildman–Crippen LogP) is 1.59. The van der Waals surface area contributed by atoms with Crippen LogP contribution in [0.1, 0.15) is 0 Å². The number of carbonyl (C=O) groups is 1. The average Bonchev–Trinajstić information content (AvgIpc) is 2.67. The fraction of sp³-hybridized carbons (Fsp3) is 0.278. The Morgan fingerprint density at radius 3 is 2.26 bits per heavy atom. The molecule has 1 saturated heterocycles. The van der Waals surface area contributed by atoms with Crippen molar-refractivity contribution in [1.29, 1.82) is 0 Å². The fourth-order valence-corrected chi connectivity index (χ4v) is 3.86. The van der Waals surface area contributed by atoms with Crippen molar-refractivity contribution in [1.82, 2.24) is 9.62 Å². The highest BCUT2D eigenvalue weighted by Gasteiger charge is 2.23. The maximum atomic E-state index is 13.2. The molecule has 0 saturated carbocycles. The van der Waals surface area contributed by atoms with Gasteiger partial charge in [-0.2, -0.15) is 0 Å². The third-order valence-electron chi connectivity index (χ3n) is 4.34. The first kappa shape index (κ1) is 19.2. The summed E-state index contributed by atoms with van der Waals surface area (Å²) >= 11 is 0. The van der Waals surface area contributed by atoms with Crippen LogP contribution in [0.25, 0.3) is 0 Å². The first-order valence-electron chi connectivity index (χ1n) is 8.39. The third-order valence-corrected chi connectivity index (χ3v) is 5.74. The maximum Gasteiger partial charge on any atom is 0.241 e. The van der Waals surface area contributed by atoms with Crippen LogP contribution in [0.4, 0.5) is 14.5 Å². The highest BCUT2D eigenvalue weighted by Crippen LogP contribution is 2.17. The number of rotatable bonds is 5. The van der Waals surface area contributed by atoms with Crippen LogP contribution < -0.4 is 9.62 Å². The third kappa shape index (κ3) is 4.81. The zero-order valence-electron chi connectivity index (χ0n) is 14.4. The van der Waals surface area contributed by atoms with E-state index in [1.54, 1.807) is 17.0 Å². The molecular weight excluding hydrogens is 376 g/mol. The summed E-state index contributed by atoms with van der Waals surface area (Å²) in [6.07, 6.45) is 0. The van der Waals surface area contributed by atoms with Gasteiger partial charge in [0.15, 0.2) is 0 Å². The summed E-state index contributed by atoms with van der Waals surface area (Å²) < 4.78 is 52.7. The van der Waals surface area contributed by atoms with Crippen molar-refractivity contribution < 1.29 is 22.0 Å². The second-order valence-corrected chi connectivity index (χ2v) is 7.89. The minimum atomic E-state index is -3.96. The average molecular weight is 395 g/mol. The second-order valence-electron chi connectivity index (χ2n) is 6.13. The van der Waals surface area contributed by atoms with Gasteiger partial charge in [0, 0.05) is 31.9 Å². The molecule has 1 aliphatic rings. The molecule has 0 aromatic heterocycles. The summed E-state index contributed by atoms with van der Waals surface area (Å²) in [5, 5.41) is 0. The number of hydrogen-bond acceptors (Lipinski definition) is 4. The first-order chi connectivity index (χ1) is 12.8. The zero-order valence-corrected chi connectivity index (χ0v) is 15.3. The number of halogens is 2. The molecule has 0 bridgehead atoms. The molecule has 0 atom stereocenters. The maximum absolute atomic E-state index is 13.2. The number of carbonyl (C=O) groups excluding carboxylic acids is 1. The summed E-state index contributed by atoms with van der Waals surface area (Å²) in [5.74, 6) is -1.33. The Kier molecular flexibility index (Phi) is 5.71. The van der Waals surface area contributed by atoms with Gasteiger partial charge in [-0.25, -0.2) is 21.9 Å². The molecule has 6 nitrogen and oxygen atoms in total. The van der Waals surface area contributed by atoms with E-state index in [-0.39, 0.29) is 16.6 Å². The van der Waals surface area contributed by atoms with E-state index in [1.165, 1.54) is 24.3 Å². The first-order valence-corrected chi connectivity index (χ1v) is 9.87. The number of nitrogens with one attached hydrogen (secondary N) is 1. The molecule has 2 aromatic carbocycles. The van der Waals surface area contributed by atoms with Crippen LogP contribution in [0, 0.1) is 11.6 Å². The molecule has 0 spiro atoms. The lowest BCUT2D eigenvalue weighted by Crippen LogP contribution is -2.51. The van der Waals surface area contributed by atoms with E-state index in [0.717, 1.165) is 17.8 Å². The Morgan fingerprint density at radius 1 is 0.963 bits per heavy atom. The molecule has 1 heterocycles. The van der Waals surface area contributed by atoms with Gasteiger partial charge in [-0.3, -0.25) is 4.79 Å². The number of hydrogen-bond donors (Lipinski definition) is 1. The van der Waals surface area contributed by atoms with Crippen molar-refractivity contribution >= 4 is 21.6 Å². The molecule has 0 radical (unpaired) electrons. The SMILES string of the molecule is O=C(CNS(=O)(=O)c1cccc(F)c1)N1CCN(c2ccc(F)cc2)CC1. The molecule has 0 aliphatic carbocycles. The Balaban J connectivity index is 1.53. The molecule has 9 heteroatoms. The fourth-order valence-electron chi connectivity index (χ4n) is 2.85. The van der Waals surface area contributed by atoms with Crippen molar-refractivity contribution in [3.8, 4) is 0 Å². The van der Waals surface area contributed by atoms with Gasteiger partial charge in [-0.05, 0) is 42.5 Å². The minimum absolute atomic E-state index is 0.226. The van der Waals surface area contributed by atoms with Crippen LogP contribution in [-0.4, -0.2) is 51.9 Å². The summed E-state index contributed by atoms with van der Waals surface area (Å²) in [6, 6.07) is 10.7. The highest BCUT2D eigenvalue weighted by atomic mass is 32.2. The van der Waals surface area contributed by atoms with E-state index in [1.807, 2.05) is 4.90 Å². The Labute approximate surface area is 156 Å². The highest BCUT2D eigenvalue weighted by molar-refractivity contribution is 7.89. The topological polar surface area (TPSA) is 69.7 Å². The van der Waals surface area contributed by atoms with Gasteiger partial charge in [-0.15, -0.1) is 0 Å². The number of benzene rings is 2. The van der Waals surface area contributed by atoms with Crippen molar-refractivity contribution in [2.75, 3.05) is 37.6 Å². The van der Waals surface area contributed by atoms with E-state index >= 15 is 0 Å². The smallest absolute Gasteiger partial charge is 0.241 e. The van der Waals surface area contributed by atoms with Crippen LogP contribution in [-0.2, 0) is 14.8 Å². The molecule has 1 amide bonds.